The van der Waals surface area contributed by atoms with Gasteiger partial charge in [0.15, 0.2) is 0 Å². The zero-order valence-corrected chi connectivity index (χ0v) is 10.5. The first-order valence-electron chi connectivity index (χ1n) is 4.99. The van der Waals surface area contributed by atoms with Crippen molar-refractivity contribution < 1.29 is 75.8 Å². The van der Waals surface area contributed by atoms with Gasteiger partial charge in [-0.15, -0.1) is 0 Å². The highest BCUT2D eigenvalue weighted by molar-refractivity contribution is 5.77. The molecule has 0 aliphatic carbocycles. The maximum absolute atomic E-state index is 13.2. The van der Waals surface area contributed by atoms with Crippen LogP contribution in [0.4, 0.5) is 65.9 Å². The van der Waals surface area contributed by atoms with Crippen LogP contribution in [-0.2, 0) is 4.79 Å². The summed E-state index contributed by atoms with van der Waals surface area (Å²) in [6, 6.07) is 0. The molecule has 0 N–H and O–H groups in total. The van der Waals surface area contributed by atoms with Crippen molar-refractivity contribution in [3.05, 3.63) is 0 Å². The number of carbonyl (C=O) groups is 1. The summed E-state index contributed by atoms with van der Waals surface area (Å²) in [6.45, 7) is 0. The van der Waals surface area contributed by atoms with Gasteiger partial charge in [-0.2, -0.15) is 65.9 Å². The van der Waals surface area contributed by atoms with Gasteiger partial charge in [-0.25, -0.2) is 0 Å². The second-order valence-corrected chi connectivity index (χ2v) is 4.25. The van der Waals surface area contributed by atoms with Gasteiger partial charge in [0.1, 0.15) is 0 Å². The number of hydrogen-bond donors (Lipinski definition) is 0. The van der Waals surface area contributed by atoms with Gasteiger partial charge in [-0.05, 0) is 0 Å². The van der Waals surface area contributed by atoms with E-state index in [0.29, 0.717) is 0 Å². The number of alkyl halides is 15. The lowest BCUT2D eigenvalue weighted by atomic mass is 9.74. The van der Waals surface area contributed by atoms with Gasteiger partial charge in [-0.1, -0.05) is 0 Å². The molecule has 0 aromatic rings. The number of carboxylic acid groups (broad SMARTS) is 1. The smallest absolute Gasteiger partial charge is 0.460 e. The zero-order chi connectivity index (χ0) is 21.1. The van der Waals surface area contributed by atoms with Crippen LogP contribution >= 0.6 is 0 Å². The third-order valence-corrected chi connectivity index (χ3v) is 2.77. The van der Waals surface area contributed by atoms with Gasteiger partial charge in [0, 0.05) is 0 Å². The van der Waals surface area contributed by atoms with E-state index in [1.54, 1.807) is 0 Å². The van der Waals surface area contributed by atoms with E-state index < -0.39 is 47.7 Å². The molecule has 0 fully saturated rings. The molecule has 150 valence electrons. The molecule has 0 atom stereocenters. The molecule has 0 aromatic carbocycles. The van der Waals surface area contributed by atoms with E-state index in [-0.39, 0.29) is 0 Å². The van der Waals surface area contributed by atoms with Crippen molar-refractivity contribution in [2.24, 2.45) is 5.41 Å². The van der Waals surface area contributed by atoms with E-state index in [2.05, 4.69) is 0 Å². The van der Waals surface area contributed by atoms with Crippen LogP contribution in [0.25, 0.3) is 0 Å². The Bertz CT molecular complexity index is 507. The highest BCUT2D eigenvalue weighted by atomic mass is 19.4. The molecule has 0 radical (unpaired) electrons. The van der Waals surface area contributed by atoms with E-state index in [1.807, 2.05) is 0 Å². The van der Waals surface area contributed by atoms with Crippen molar-refractivity contribution in [2.45, 2.75) is 36.3 Å². The normalized spacial score (nSPS) is 16.1. The lowest BCUT2D eigenvalue weighted by Crippen LogP contribution is -2.77. The maximum Gasteiger partial charge on any atom is 0.460 e. The first kappa shape index (κ1) is 23.4. The molecule has 25 heavy (non-hydrogen) atoms. The molecular formula is C8F15O2-. The Balaban J connectivity index is 7.13. The maximum atomic E-state index is 13.2. The SMILES string of the molecule is O=C([O-])C(C(F)(F)F)(C(F)(F)F)C(F)(F)C(F)(F)C(F)(F)C(F)(F)F. The molecule has 17 heteroatoms. The second-order valence-electron chi connectivity index (χ2n) is 4.25. The third kappa shape index (κ3) is 2.74. The van der Waals surface area contributed by atoms with Crippen LogP contribution in [0, 0.1) is 5.41 Å². The first-order chi connectivity index (χ1) is 10.4. The van der Waals surface area contributed by atoms with Gasteiger partial charge in [0.25, 0.3) is 5.41 Å². The minimum Gasteiger partial charge on any atom is -0.549 e. The van der Waals surface area contributed by atoms with E-state index >= 15 is 0 Å². The predicted octanol–water partition coefficient (Wildman–Crippen LogP) is 3.32. The Morgan fingerprint density at radius 1 is 0.480 bits per heavy atom. The van der Waals surface area contributed by atoms with Gasteiger partial charge in [0.2, 0.25) is 0 Å². The quantitative estimate of drug-likeness (QED) is 0.664. The van der Waals surface area contributed by atoms with Crippen LogP contribution in [0.5, 0.6) is 0 Å². The summed E-state index contributed by atoms with van der Waals surface area (Å²) in [7, 11) is 0. The Hall–Kier alpha value is -1.58. The standard InChI is InChI=1S/C8HF15O2/c9-3(10,4(11,12)5(13,14)8(21,22)23)2(1(24)25,6(15,16)17)7(18,19)20/h(H,24,25)/p-1. The van der Waals surface area contributed by atoms with E-state index in [9.17, 15) is 75.8 Å². The van der Waals surface area contributed by atoms with Crippen LogP contribution in [0.1, 0.15) is 0 Å². The van der Waals surface area contributed by atoms with Crippen LogP contribution in [0.2, 0.25) is 0 Å². The summed E-state index contributed by atoms with van der Waals surface area (Å²) in [6.07, 6.45) is -23.8. The molecule has 0 saturated heterocycles. The van der Waals surface area contributed by atoms with Gasteiger partial charge in [0.05, 0.1) is 5.97 Å². The van der Waals surface area contributed by atoms with Crippen molar-refractivity contribution >= 4 is 5.97 Å². The van der Waals surface area contributed by atoms with Crippen LogP contribution in [0.15, 0.2) is 0 Å². The fourth-order valence-electron chi connectivity index (χ4n) is 1.49. The number of halogens is 15. The first-order valence-corrected chi connectivity index (χ1v) is 4.99. The Labute approximate surface area is 125 Å². The van der Waals surface area contributed by atoms with Gasteiger partial charge >= 0.3 is 36.3 Å². The topological polar surface area (TPSA) is 40.1 Å². The number of carboxylic acids is 1. The van der Waals surface area contributed by atoms with Crippen molar-refractivity contribution in [1.29, 1.82) is 0 Å². The summed E-state index contributed by atoms with van der Waals surface area (Å²) in [4.78, 5) is 10.1. The fraction of sp³-hybridized carbons (Fsp3) is 0.875. The molecule has 0 bridgehead atoms. The van der Waals surface area contributed by atoms with Crippen molar-refractivity contribution in [1.82, 2.24) is 0 Å². The highest BCUT2D eigenvalue weighted by Gasteiger charge is 2.95. The molecule has 0 rings (SSSR count). The number of hydrogen-bond acceptors (Lipinski definition) is 2. The summed E-state index contributed by atoms with van der Waals surface area (Å²) >= 11 is 0. The molecule has 0 aliphatic heterocycles. The van der Waals surface area contributed by atoms with Crippen LogP contribution < -0.4 is 5.11 Å². The minimum atomic E-state index is -8.58. The summed E-state index contributed by atoms with van der Waals surface area (Å²) < 4.78 is 186. The molecule has 0 aromatic heterocycles. The number of rotatable bonds is 4. The van der Waals surface area contributed by atoms with Crippen molar-refractivity contribution in [2.75, 3.05) is 0 Å². The molecular weight excluding hydrogens is 413 g/mol. The van der Waals surface area contributed by atoms with E-state index in [1.165, 1.54) is 0 Å². The molecule has 2 nitrogen and oxygen atoms in total. The minimum absolute atomic E-state index is 5.12. The summed E-state index contributed by atoms with van der Waals surface area (Å²) in [5.74, 6) is -30.4. The van der Waals surface area contributed by atoms with Gasteiger partial charge in [-0.3, -0.25) is 0 Å². The molecule has 0 amide bonds. The van der Waals surface area contributed by atoms with E-state index in [4.69, 9.17) is 0 Å². The molecule has 0 heterocycles. The zero-order valence-electron chi connectivity index (χ0n) is 10.5. The fourth-order valence-corrected chi connectivity index (χ4v) is 1.49. The van der Waals surface area contributed by atoms with Crippen LogP contribution in [0.3, 0.4) is 0 Å². The molecule has 0 saturated carbocycles. The molecule has 0 aliphatic rings. The molecule has 0 unspecified atom stereocenters. The average molecular weight is 413 g/mol. The van der Waals surface area contributed by atoms with E-state index in [0.717, 1.165) is 0 Å². The summed E-state index contributed by atoms with van der Waals surface area (Å²) in [5.41, 5.74) is -8.08. The van der Waals surface area contributed by atoms with Gasteiger partial charge < -0.3 is 9.90 Å². The summed E-state index contributed by atoms with van der Waals surface area (Å²) in [5, 5.41) is 10.1. The Morgan fingerprint density at radius 3 is 0.920 bits per heavy atom. The van der Waals surface area contributed by atoms with Crippen molar-refractivity contribution in [3.8, 4) is 0 Å². The van der Waals surface area contributed by atoms with Crippen LogP contribution in [-0.4, -0.2) is 42.3 Å². The second kappa shape index (κ2) is 5.46. The monoisotopic (exact) mass is 413 g/mol. The predicted molar refractivity (Wildman–Crippen MR) is 40.4 cm³/mol. The lowest BCUT2D eigenvalue weighted by Gasteiger charge is -2.46. The highest BCUT2D eigenvalue weighted by Crippen LogP contribution is 2.66. The number of carbonyl (C=O) groups excluding carboxylic acids is 1. The van der Waals surface area contributed by atoms with Crippen molar-refractivity contribution in [3.63, 3.8) is 0 Å². The number of aliphatic carboxylic acids is 1. The lowest BCUT2D eigenvalue weighted by molar-refractivity contribution is -0.475. The average Bonchev–Trinajstić information content (AvgIpc) is 2.21. The molecule has 0 spiro atoms. The Morgan fingerprint density at radius 2 is 0.760 bits per heavy atom. The third-order valence-electron chi connectivity index (χ3n) is 2.77. The largest absolute Gasteiger partial charge is 0.549 e. The Kier molecular flexibility index (Phi) is 5.11.